The maximum Gasteiger partial charge on any atom is 0.175 e. The number of hydrogen-bond donors (Lipinski definition) is 2. The quantitative estimate of drug-likeness (QED) is 0.536. The molecule has 1 saturated heterocycles. The highest BCUT2D eigenvalue weighted by Gasteiger charge is 2.45. The molecule has 0 unspecified atom stereocenters. The number of anilines is 2. The van der Waals surface area contributed by atoms with Gasteiger partial charge in [-0.25, -0.2) is 15.0 Å². The predicted octanol–water partition coefficient (Wildman–Crippen LogP) is 4.63. The van der Waals surface area contributed by atoms with E-state index >= 15 is 0 Å². The van der Waals surface area contributed by atoms with Gasteiger partial charge in [0.25, 0.3) is 0 Å². The van der Waals surface area contributed by atoms with Crippen molar-refractivity contribution < 1.29 is 9.84 Å². The van der Waals surface area contributed by atoms with Crippen LogP contribution in [0.3, 0.4) is 0 Å². The maximum absolute atomic E-state index is 10.2. The van der Waals surface area contributed by atoms with Crippen LogP contribution in [-0.2, 0) is 19.4 Å². The smallest absolute Gasteiger partial charge is 0.175 e. The molecule has 8 heteroatoms. The summed E-state index contributed by atoms with van der Waals surface area (Å²) in [5.74, 6) is 2.43. The first kappa shape index (κ1) is 22.4. The number of nitrogens with one attached hydrogen (secondary N) is 1. The fraction of sp³-hybridized carbons (Fsp3) is 0.464. The van der Waals surface area contributed by atoms with E-state index in [-0.39, 0.29) is 12.1 Å². The Bertz CT molecular complexity index is 1280. The third kappa shape index (κ3) is 4.00. The molecule has 2 aliphatic heterocycles. The van der Waals surface area contributed by atoms with Crippen LogP contribution in [0.5, 0.6) is 5.75 Å². The van der Waals surface area contributed by atoms with E-state index in [0.29, 0.717) is 17.7 Å². The zero-order chi connectivity index (χ0) is 24.2. The van der Waals surface area contributed by atoms with Crippen LogP contribution >= 0.6 is 11.8 Å². The number of pyridine rings is 1. The first-order chi connectivity index (χ1) is 17.6. The standard InChI is InChI=1S/C28H31N5O2S/c34-18-21-26(33-12-8-27(9-13-33)15-19-3-1-2-4-20(19)16-27)30-17-23(31-21)36-22-5-11-29-25-24(22)35-14-10-28(32-25)6-7-28/h1-5,11,17,34H,6-10,12-16,18H2,(H,29,32). The average molecular weight is 502 g/mol. The molecule has 2 spiro atoms. The van der Waals surface area contributed by atoms with Gasteiger partial charge in [-0.3, -0.25) is 0 Å². The Morgan fingerprint density at radius 1 is 1.00 bits per heavy atom. The summed E-state index contributed by atoms with van der Waals surface area (Å²) in [5.41, 5.74) is 4.21. The van der Waals surface area contributed by atoms with E-state index in [0.717, 1.165) is 59.7 Å². The van der Waals surface area contributed by atoms with Gasteiger partial charge in [-0.15, -0.1) is 0 Å². The number of aromatic nitrogens is 3. The fourth-order valence-electron chi connectivity index (χ4n) is 6.18. The van der Waals surface area contributed by atoms with Crippen molar-refractivity contribution in [3.8, 4) is 5.75 Å². The van der Waals surface area contributed by atoms with Crippen molar-refractivity contribution in [1.82, 2.24) is 15.0 Å². The zero-order valence-electron chi connectivity index (χ0n) is 20.4. The van der Waals surface area contributed by atoms with Gasteiger partial charge < -0.3 is 20.1 Å². The molecule has 2 aromatic heterocycles. The second kappa shape index (κ2) is 8.63. The molecule has 2 aliphatic carbocycles. The predicted molar refractivity (Wildman–Crippen MR) is 140 cm³/mol. The summed E-state index contributed by atoms with van der Waals surface area (Å²) in [6.45, 7) is 2.45. The molecule has 2 fully saturated rings. The van der Waals surface area contributed by atoms with Crippen LogP contribution in [0, 0.1) is 5.41 Å². The van der Waals surface area contributed by atoms with E-state index in [1.54, 1.807) is 0 Å². The van der Waals surface area contributed by atoms with Crippen LogP contribution in [0.4, 0.5) is 11.6 Å². The maximum atomic E-state index is 10.2. The van der Waals surface area contributed by atoms with Crippen LogP contribution in [0.2, 0.25) is 0 Å². The molecule has 0 atom stereocenters. The lowest BCUT2D eigenvalue weighted by Crippen LogP contribution is -2.41. The summed E-state index contributed by atoms with van der Waals surface area (Å²) >= 11 is 1.52. The van der Waals surface area contributed by atoms with Crippen LogP contribution in [0.1, 0.15) is 48.9 Å². The molecule has 1 saturated carbocycles. The van der Waals surface area contributed by atoms with E-state index in [1.807, 2.05) is 18.5 Å². The number of aliphatic hydroxyl groups is 1. The molecule has 36 heavy (non-hydrogen) atoms. The number of hydrogen-bond acceptors (Lipinski definition) is 8. The zero-order valence-corrected chi connectivity index (χ0v) is 21.2. The molecule has 4 aliphatic rings. The van der Waals surface area contributed by atoms with Gasteiger partial charge in [-0.2, -0.15) is 0 Å². The van der Waals surface area contributed by atoms with Gasteiger partial charge in [0.2, 0.25) is 0 Å². The number of benzene rings is 1. The summed E-state index contributed by atoms with van der Waals surface area (Å²) < 4.78 is 6.12. The van der Waals surface area contributed by atoms with E-state index in [4.69, 9.17) is 14.7 Å². The molecule has 3 aromatic rings. The average Bonchev–Trinajstić information content (AvgIpc) is 3.61. The van der Waals surface area contributed by atoms with Crippen molar-refractivity contribution in [3.63, 3.8) is 0 Å². The van der Waals surface area contributed by atoms with Crippen molar-refractivity contribution in [1.29, 1.82) is 0 Å². The Labute approximate surface area is 215 Å². The van der Waals surface area contributed by atoms with Gasteiger partial charge in [-0.05, 0) is 61.1 Å². The lowest BCUT2D eigenvalue weighted by atomic mass is 9.76. The van der Waals surface area contributed by atoms with Crippen LogP contribution in [-0.4, -0.2) is 45.3 Å². The van der Waals surface area contributed by atoms with Crippen molar-refractivity contribution >= 4 is 23.4 Å². The van der Waals surface area contributed by atoms with E-state index in [2.05, 4.69) is 39.5 Å². The Kier molecular flexibility index (Phi) is 5.36. The van der Waals surface area contributed by atoms with Gasteiger partial charge in [0.15, 0.2) is 17.4 Å². The SMILES string of the molecule is OCc1nc(Sc2ccnc3c2OCCC2(CC2)N3)cnc1N1CCC2(CC1)Cc1ccccc1C2. The van der Waals surface area contributed by atoms with Gasteiger partial charge in [0, 0.05) is 31.2 Å². The molecule has 7 rings (SSSR count). The summed E-state index contributed by atoms with van der Waals surface area (Å²) in [6.07, 6.45) is 11.6. The highest BCUT2D eigenvalue weighted by molar-refractivity contribution is 7.99. The molecule has 2 N–H and O–H groups in total. The van der Waals surface area contributed by atoms with Crippen molar-refractivity contribution in [2.75, 3.05) is 29.9 Å². The van der Waals surface area contributed by atoms with Crippen LogP contribution in [0.15, 0.2) is 52.6 Å². The molecule has 4 heterocycles. The summed E-state index contributed by atoms with van der Waals surface area (Å²) in [4.78, 5) is 17.4. The highest BCUT2D eigenvalue weighted by atomic mass is 32.2. The minimum absolute atomic E-state index is 0.126. The minimum Gasteiger partial charge on any atom is -0.488 e. The third-order valence-corrected chi connectivity index (χ3v) is 9.42. The van der Waals surface area contributed by atoms with Crippen LogP contribution < -0.4 is 15.0 Å². The number of rotatable bonds is 4. The van der Waals surface area contributed by atoms with E-state index < -0.39 is 0 Å². The monoisotopic (exact) mass is 501 g/mol. The Balaban J connectivity index is 1.07. The van der Waals surface area contributed by atoms with Gasteiger partial charge in [-0.1, -0.05) is 36.0 Å². The third-order valence-electron chi connectivity index (χ3n) is 8.47. The first-order valence-corrected chi connectivity index (χ1v) is 13.8. The minimum atomic E-state index is -0.126. The summed E-state index contributed by atoms with van der Waals surface area (Å²) in [7, 11) is 0. The lowest BCUT2D eigenvalue weighted by molar-refractivity contribution is 0.230. The number of fused-ring (bicyclic) bond motifs is 2. The topological polar surface area (TPSA) is 83.4 Å². The fourth-order valence-corrected chi connectivity index (χ4v) is 7.05. The van der Waals surface area contributed by atoms with Crippen LogP contribution in [0.25, 0.3) is 0 Å². The lowest BCUT2D eigenvalue weighted by Gasteiger charge is -2.40. The van der Waals surface area contributed by atoms with E-state index in [1.165, 1.54) is 48.6 Å². The largest absolute Gasteiger partial charge is 0.488 e. The van der Waals surface area contributed by atoms with Crippen molar-refractivity contribution in [2.24, 2.45) is 5.41 Å². The second-order valence-electron chi connectivity index (χ2n) is 10.8. The molecule has 7 nitrogen and oxygen atoms in total. The number of piperidine rings is 1. The highest BCUT2D eigenvalue weighted by Crippen LogP contribution is 2.48. The molecule has 186 valence electrons. The molecular formula is C28H31N5O2S. The molecular weight excluding hydrogens is 470 g/mol. The Morgan fingerprint density at radius 3 is 2.50 bits per heavy atom. The normalized spacial score (nSPS) is 20.9. The molecule has 0 radical (unpaired) electrons. The number of ether oxygens (including phenoxy) is 1. The van der Waals surface area contributed by atoms with Crippen molar-refractivity contribution in [3.05, 3.63) is 59.5 Å². The van der Waals surface area contributed by atoms with Gasteiger partial charge in [0.05, 0.1) is 24.3 Å². The van der Waals surface area contributed by atoms with Gasteiger partial charge >= 0.3 is 0 Å². The number of nitrogens with zero attached hydrogens (tertiary/aromatic N) is 4. The first-order valence-electron chi connectivity index (χ1n) is 13.0. The molecule has 0 amide bonds. The van der Waals surface area contributed by atoms with Gasteiger partial charge in [0.1, 0.15) is 10.7 Å². The number of aliphatic hydroxyl groups excluding tert-OH is 1. The Hall–Kier alpha value is -2.84. The van der Waals surface area contributed by atoms with Crippen molar-refractivity contribution in [2.45, 2.75) is 67.0 Å². The molecule has 0 bridgehead atoms. The molecule has 1 aromatic carbocycles. The van der Waals surface area contributed by atoms with E-state index in [9.17, 15) is 5.11 Å². The second-order valence-corrected chi connectivity index (χ2v) is 11.9. The summed E-state index contributed by atoms with van der Waals surface area (Å²) in [5, 5.41) is 14.5. The Morgan fingerprint density at radius 2 is 1.78 bits per heavy atom. The summed E-state index contributed by atoms with van der Waals surface area (Å²) in [6, 6.07) is 10.9.